The van der Waals surface area contributed by atoms with Gasteiger partial charge in [0.05, 0.1) is 6.10 Å². The van der Waals surface area contributed by atoms with Gasteiger partial charge < -0.3 is 5.11 Å². The summed E-state index contributed by atoms with van der Waals surface area (Å²) in [5.41, 5.74) is 0.0717. The van der Waals surface area contributed by atoms with Crippen LogP contribution in [0.2, 0.25) is 0 Å². The van der Waals surface area contributed by atoms with Crippen molar-refractivity contribution in [1.82, 2.24) is 0 Å². The van der Waals surface area contributed by atoms with Gasteiger partial charge in [0.15, 0.2) is 0 Å². The molecule has 1 aliphatic carbocycles. The molecule has 2 atom stereocenters. The van der Waals surface area contributed by atoms with Crippen molar-refractivity contribution in [3.05, 3.63) is 0 Å². The Balaban J connectivity index is 2.53. The molecule has 0 radical (unpaired) electrons. The Morgan fingerprint density at radius 2 is 1.92 bits per heavy atom. The fraction of sp³-hybridized carbons (Fsp3) is 0.818. The van der Waals surface area contributed by atoms with Gasteiger partial charge in [0.2, 0.25) is 0 Å². The zero-order valence-electron chi connectivity index (χ0n) is 8.22. The largest absolute Gasteiger partial charge is 0.392 e. The Morgan fingerprint density at radius 3 is 2.33 bits per heavy atom. The average Bonchev–Trinajstić information content (AvgIpc) is 2.29. The van der Waals surface area contributed by atoms with Crippen molar-refractivity contribution in [2.24, 2.45) is 11.3 Å². The van der Waals surface area contributed by atoms with E-state index in [1.165, 1.54) is 0 Å². The van der Waals surface area contributed by atoms with Crippen LogP contribution in [0.4, 0.5) is 0 Å². The quantitative estimate of drug-likeness (QED) is 0.547. The smallest absolute Gasteiger partial charge is 0.0677 e. The van der Waals surface area contributed by atoms with E-state index in [9.17, 15) is 5.11 Å². The summed E-state index contributed by atoms with van der Waals surface area (Å²) in [4.78, 5) is 0. The summed E-state index contributed by atoms with van der Waals surface area (Å²) in [6, 6.07) is 0. The third-order valence-corrected chi connectivity index (χ3v) is 2.11. The second-order valence-corrected chi connectivity index (χ2v) is 4.62. The summed E-state index contributed by atoms with van der Waals surface area (Å²) < 4.78 is 0. The summed E-state index contributed by atoms with van der Waals surface area (Å²) in [5, 5.41) is 9.48. The molecule has 1 heteroatoms. The minimum Gasteiger partial charge on any atom is -0.392 e. The minimum atomic E-state index is -0.167. The van der Waals surface area contributed by atoms with Crippen LogP contribution in [-0.2, 0) is 0 Å². The average molecular weight is 166 g/mol. The monoisotopic (exact) mass is 166 g/mol. The maximum Gasteiger partial charge on any atom is 0.0677 e. The first-order valence-corrected chi connectivity index (χ1v) is 4.70. The van der Waals surface area contributed by atoms with E-state index in [0.717, 1.165) is 19.3 Å². The molecule has 12 heavy (non-hydrogen) atoms. The Morgan fingerprint density at radius 1 is 1.25 bits per heavy atom. The molecule has 0 aromatic heterocycles. The van der Waals surface area contributed by atoms with E-state index in [0.29, 0.717) is 0 Å². The van der Waals surface area contributed by atoms with Crippen LogP contribution in [0.3, 0.4) is 0 Å². The van der Waals surface area contributed by atoms with Gasteiger partial charge in [0, 0.05) is 11.3 Å². The van der Waals surface area contributed by atoms with Gasteiger partial charge >= 0.3 is 0 Å². The normalized spacial score (nSPS) is 29.7. The Bertz CT molecular complexity index is 201. The van der Waals surface area contributed by atoms with Gasteiger partial charge in [-0.15, -0.1) is 0 Å². The molecular formula is C11H18O. The van der Waals surface area contributed by atoms with Gasteiger partial charge in [0.25, 0.3) is 0 Å². The van der Waals surface area contributed by atoms with Crippen LogP contribution in [0, 0.1) is 23.2 Å². The molecule has 1 saturated carbocycles. The molecule has 0 bridgehead atoms. The van der Waals surface area contributed by atoms with Gasteiger partial charge in [-0.3, -0.25) is 0 Å². The molecule has 0 heterocycles. The van der Waals surface area contributed by atoms with Crippen LogP contribution >= 0.6 is 0 Å². The maximum atomic E-state index is 9.48. The van der Waals surface area contributed by atoms with Crippen LogP contribution in [0.25, 0.3) is 0 Å². The topological polar surface area (TPSA) is 20.2 Å². The third-order valence-electron chi connectivity index (χ3n) is 2.11. The highest BCUT2D eigenvalue weighted by Crippen LogP contribution is 2.25. The highest BCUT2D eigenvalue weighted by atomic mass is 16.3. The van der Waals surface area contributed by atoms with Crippen LogP contribution in [0.15, 0.2) is 0 Å². The van der Waals surface area contributed by atoms with E-state index >= 15 is 0 Å². The Labute approximate surface area is 75.2 Å². The molecule has 0 aliphatic heterocycles. The van der Waals surface area contributed by atoms with Gasteiger partial charge in [0.1, 0.15) is 0 Å². The van der Waals surface area contributed by atoms with Crippen molar-refractivity contribution in [3.8, 4) is 11.8 Å². The second-order valence-electron chi connectivity index (χ2n) is 4.62. The van der Waals surface area contributed by atoms with Crippen molar-refractivity contribution in [2.75, 3.05) is 0 Å². The first-order chi connectivity index (χ1) is 5.49. The van der Waals surface area contributed by atoms with E-state index in [4.69, 9.17) is 0 Å². The van der Waals surface area contributed by atoms with Crippen LogP contribution in [0.5, 0.6) is 0 Å². The van der Waals surface area contributed by atoms with Gasteiger partial charge in [-0.25, -0.2) is 0 Å². The van der Waals surface area contributed by atoms with E-state index in [1.807, 2.05) is 0 Å². The molecule has 0 spiro atoms. The molecule has 1 rings (SSSR count). The van der Waals surface area contributed by atoms with Crippen molar-refractivity contribution in [1.29, 1.82) is 0 Å². The predicted molar refractivity (Wildman–Crippen MR) is 50.6 cm³/mol. The van der Waals surface area contributed by atoms with Crippen LogP contribution < -0.4 is 0 Å². The summed E-state index contributed by atoms with van der Waals surface area (Å²) in [7, 11) is 0. The highest BCUT2D eigenvalue weighted by Gasteiger charge is 2.23. The van der Waals surface area contributed by atoms with Crippen molar-refractivity contribution in [3.63, 3.8) is 0 Å². The van der Waals surface area contributed by atoms with Crippen molar-refractivity contribution in [2.45, 2.75) is 46.1 Å². The number of hydrogen-bond donors (Lipinski definition) is 1. The standard InChI is InChI=1S/C11H18O/c1-11(2,3)8-7-9-5-4-6-10(9)12/h9-10,12H,4-6H2,1-3H3/t9-,10+/m0/s1. The second kappa shape index (κ2) is 3.49. The van der Waals surface area contributed by atoms with E-state index in [1.54, 1.807) is 0 Å². The fourth-order valence-electron chi connectivity index (χ4n) is 1.42. The lowest BCUT2D eigenvalue weighted by Gasteiger charge is -2.10. The van der Waals surface area contributed by atoms with Gasteiger partial charge in [-0.1, -0.05) is 11.8 Å². The molecule has 68 valence electrons. The molecule has 1 aliphatic rings. The molecular weight excluding hydrogens is 148 g/mol. The fourth-order valence-corrected chi connectivity index (χ4v) is 1.42. The van der Waals surface area contributed by atoms with E-state index < -0.39 is 0 Å². The SMILES string of the molecule is CC(C)(C)C#C[C@@H]1CCC[C@H]1O. The first kappa shape index (κ1) is 9.61. The summed E-state index contributed by atoms with van der Waals surface area (Å²) >= 11 is 0. The minimum absolute atomic E-state index is 0.0717. The van der Waals surface area contributed by atoms with Crippen LogP contribution in [0.1, 0.15) is 40.0 Å². The van der Waals surface area contributed by atoms with E-state index in [-0.39, 0.29) is 17.4 Å². The molecule has 1 N–H and O–H groups in total. The molecule has 0 aromatic rings. The highest BCUT2D eigenvalue weighted by molar-refractivity contribution is 5.12. The Kier molecular flexibility index (Phi) is 2.80. The van der Waals surface area contributed by atoms with Gasteiger partial charge in [-0.05, 0) is 40.0 Å². The molecule has 0 amide bonds. The number of aliphatic hydroxyl groups is 1. The molecule has 1 fully saturated rings. The lowest BCUT2D eigenvalue weighted by molar-refractivity contribution is 0.156. The Hall–Kier alpha value is -0.480. The number of rotatable bonds is 0. The van der Waals surface area contributed by atoms with Crippen molar-refractivity contribution < 1.29 is 5.11 Å². The van der Waals surface area contributed by atoms with Crippen molar-refractivity contribution >= 4 is 0 Å². The summed E-state index contributed by atoms with van der Waals surface area (Å²) in [6.07, 6.45) is 2.97. The lowest BCUT2D eigenvalue weighted by Crippen LogP contribution is -2.11. The molecule has 0 unspecified atom stereocenters. The van der Waals surface area contributed by atoms with Gasteiger partial charge in [-0.2, -0.15) is 0 Å². The summed E-state index contributed by atoms with van der Waals surface area (Å²) in [6.45, 7) is 6.30. The zero-order chi connectivity index (χ0) is 9.19. The predicted octanol–water partition coefficient (Wildman–Crippen LogP) is 2.20. The molecule has 0 saturated heterocycles. The maximum absolute atomic E-state index is 9.48. The molecule has 0 aromatic carbocycles. The zero-order valence-corrected chi connectivity index (χ0v) is 8.22. The molecule has 1 nitrogen and oxygen atoms in total. The first-order valence-electron chi connectivity index (χ1n) is 4.70. The number of aliphatic hydroxyl groups excluding tert-OH is 1. The third kappa shape index (κ3) is 2.87. The summed E-state index contributed by atoms with van der Waals surface area (Å²) in [5.74, 6) is 6.60. The lowest BCUT2D eigenvalue weighted by atomic mass is 9.96. The van der Waals surface area contributed by atoms with Crippen LogP contribution in [-0.4, -0.2) is 11.2 Å². The number of hydrogen-bond acceptors (Lipinski definition) is 1. The van der Waals surface area contributed by atoms with E-state index in [2.05, 4.69) is 32.6 Å².